The Bertz CT molecular complexity index is 292. The molecule has 0 bridgehead atoms. The smallest absolute Gasteiger partial charge is 0.341 e. The normalized spacial score (nSPS) is 11.7. The van der Waals surface area contributed by atoms with E-state index in [1.54, 1.807) is 27.9 Å². The molecule has 17 heavy (non-hydrogen) atoms. The van der Waals surface area contributed by atoms with E-state index in [4.69, 9.17) is 14.6 Å². The maximum absolute atomic E-state index is 11.9. The number of hydrogen-bond donors (Lipinski definition) is 1. The Morgan fingerprint density at radius 2 is 1.71 bits per heavy atom. The quantitative estimate of drug-likeness (QED) is 0.290. The Morgan fingerprint density at radius 1 is 1.24 bits per heavy atom. The van der Waals surface area contributed by atoms with Gasteiger partial charge in [-0.1, -0.05) is 0 Å². The minimum atomic E-state index is -1.30. The standard InChI is InChI=1S/C11H19NO5/c1-5-16-11(17-6-2)9(13)8(10(14)15)7-12(3)4/h7,11H,5-6H2,1-4H3,(H,14,15). The van der Waals surface area contributed by atoms with Crippen molar-refractivity contribution in [1.29, 1.82) is 0 Å². The van der Waals surface area contributed by atoms with E-state index in [-0.39, 0.29) is 18.8 Å². The molecule has 0 amide bonds. The zero-order valence-corrected chi connectivity index (χ0v) is 10.6. The van der Waals surface area contributed by atoms with E-state index >= 15 is 0 Å². The highest BCUT2D eigenvalue weighted by atomic mass is 16.7. The average molecular weight is 245 g/mol. The Morgan fingerprint density at radius 3 is 2.00 bits per heavy atom. The van der Waals surface area contributed by atoms with Crippen molar-refractivity contribution in [3.8, 4) is 0 Å². The first-order valence-electron chi connectivity index (χ1n) is 5.32. The van der Waals surface area contributed by atoms with Gasteiger partial charge in [0, 0.05) is 33.5 Å². The lowest BCUT2D eigenvalue weighted by atomic mass is 10.1. The third-order valence-corrected chi connectivity index (χ3v) is 1.73. The van der Waals surface area contributed by atoms with Gasteiger partial charge in [-0.05, 0) is 13.8 Å². The number of carboxylic acid groups (broad SMARTS) is 1. The lowest BCUT2D eigenvalue weighted by Gasteiger charge is -2.16. The lowest BCUT2D eigenvalue weighted by molar-refractivity contribution is -0.165. The predicted octanol–water partition coefficient (Wildman–Crippen LogP) is 0.485. The van der Waals surface area contributed by atoms with E-state index < -0.39 is 18.0 Å². The van der Waals surface area contributed by atoms with Gasteiger partial charge in [-0.15, -0.1) is 0 Å². The SMILES string of the molecule is CCOC(OCC)C(=O)C(=CN(C)C)C(=O)O. The highest BCUT2D eigenvalue weighted by Gasteiger charge is 2.27. The van der Waals surface area contributed by atoms with Crippen molar-refractivity contribution in [3.05, 3.63) is 11.8 Å². The molecule has 0 spiro atoms. The van der Waals surface area contributed by atoms with E-state index in [0.717, 1.165) is 0 Å². The fraction of sp³-hybridized carbons (Fsp3) is 0.636. The molecule has 0 radical (unpaired) electrons. The van der Waals surface area contributed by atoms with Crippen LogP contribution in [-0.4, -0.2) is 55.4 Å². The second-order valence-corrected chi connectivity index (χ2v) is 3.42. The topological polar surface area (TPSA) is 76.1 Å². The van der Waals surface area contributed by atoms with E-state index in [1.165, 1.54) is 11.1 Å². The Hall–Kier alpha value is -1.40. The third-order valence-electron chi connectivity index (χ3n) is 1.73. The maximum atomic E-state index is 11.9. The highest BCUT2D eigenvalue weighted by molar-refractivity contribution is 6.17. The van der Waals surface area contributed by atoms with E-state index in [1.807, 2.05) is 0 Å². The summed E-state index contributed by atoms with van der Waals surface area (Å²) in [6.07, 6.45) is 0.0719. The second kappa shape index (κ2) is 7.81. The van der Waals surface area contributed by atoms with Gasteiger partial charge in [0.05, 0.1) is 0 Å². The number of rotatable bonds is 8. The monoisotopic (exact) mass is 245 g/mol. The predicted molar refractivity (Wildman–Crippen MR) is 61.5 cm³/mol. The van der Waals surface area contributed by atoms with Gasteiger partial charge in [0.2, 0.25) is 12.1 Å². The summed E-state index contributed by atoms with van der Waals surface area (Å²) in [5.74, 6) is -1.98. The van der Waals surface area contributed by atoms with Crippen molar-refractivity contribution in [2.75, 3.05) is 27.3 Å². The number of carboxylic acids is 1. The summed E-state index contributed by atoms with van der Waals surface area (Å²) < 4.78 is 10.1. The fourth-order valence-corrected chi connectivity index (χ4v) is 1.11. The number of aliphatic carboxylic acids is 1. The van der Waals surface area contributed by atoms with E-state index in [0.29, 0.717) is 0 Å². The molecule has 0 aromatic carbocycles. The highest BCUT2D eigenvalue weighted by Crippen LogP contribution is 2.07. The van der Waals surface area contributed by atoms with Crippen molar-refractivity contribution in [1.82, 2.24) is 4.90 Å². The Labute approximate surface area is 101 Å². The lowest BCUT2D eigenvalue weighted by Crippen LogP contribution is -2.32. The van der Waals surface area contributed by atoms with Crippen molar-refractivity contribution in [2.45, 2.75) is 20.1 Å². The molecule has 0 aliphatic heterocycles. The summed E-state index contributed by atoms with van der Waals surface area (Å²) in [7, 11) is 3.26. The average Bonchev–Trinajstić information content (AvgIpc) is 2.24. The molecular weight excluding hydrogens is 226 g/mol. The molecule has 0 fully saturated rings. The summed E-state index contributed by atoms with van der Waals surface area (Å²) in [6.45, 7) is 3.95. The van der Waals surface area contributed by atoms with Gasteiger partial charge in [0.15, 0.2) is 0 Å². The molecule has 0 aromatic rings. The molecule has 0 rings (SSSR count). The van der Waals surface area contributed by atoms with Gasteiger partial charge in [-0.3, -0.25) is 4.79 Å². The number of ether oxygens (including phenoxy) is 2. The van der Waals surface area contributed by atoms with E-state index in [2.05, 4.69) is 0 Å². The van der Waals surface area contributed by atoms with Gasteiger partial charge in [-0.25, -0.2) is 4.79 Å². The van der Waals surface area contributed by atoms with Crippen LogP contribution in [0.2, 0.25) is 0 Å². The minimum Gasteiger partial charge on any atom is -0.478 e. The van der Waals surface area contributed by atoms with Gasteiger partial charge < -0.3 is 19.5 Å². The summed E-state index contributed by atoms with van der Waals surface area (Å²) in [6, 6.07) is 0. The van der Waals surface area contributed by atoms with Crippen molar-refractivity contribution < 1.29 is 24.2 Å². The fourth-order valence-electron chi connectivity index (χ4n) is 1.11. The van der Waals surface area contributed by atoms with Crippen LogP contribution in [0.1, 0.15) is 13.8 Å². The number of Topliss-reactive ketones (excluding diaryl/α,β-unsaturated/α-hetero) is 1. The third kappa shape index (κ3) is 5.46. The summed E-state index contributed by atoms with van der Waals surface area (Å²) in [5, 5.41) is 8.95. The number of nitrogens with zero attached hydrogens (tertiary/aromatic N) is 1. The van der Waals surface area contributed by atoms with Crippen LogP contribution in [0.5, 0.6) is 0 Å². The molecule has 0 heterocycles. The van der Waals surface area contributed by atoms with Crippen molar-refractivity contribution in [3.63, 3.8) is 0 Å². The molecule has 0 saturated heterocycles. The van der Waals surface area contributed by atoms with Gasteiger partial charge in [0.25, 0.3) is 0 Å². The molecule has 0 aliphatic rings. The van der Waals surface area contributed by atoms with Crippen LogP contribution in [0.25, 0.3) is 0 Å². The van der Waals surface area contributed by atoms with Gasteiger partial charge in [-0.2, -0.15) is 0 Å². The molecule has 6 nitrogen and oxygen atoms in total. The zero-order chi connectivity index (χ0) is 13.4. The van der Waals surface area contributed by atoms with Crippen LogP contribution in [0.15, 0.2) is 11.8 Å². The summed E-state index contributed by atoms with van der Waals surface area (Å²) in [5.41, 5.74) is -0.359. The molecule has 0 aromatic heterocycles. The molecule has 0 saturated carbocycles. The van der Waals surface area contributed by atoms with Crippen LogP contribution in [0.4, 0.5) is 0 Å². The summed E-state index contributed by atoms with van der Waals surface area (Å²) >= 11 is 0. The molecule has 0 aliphatic carbocycles. The number of hydrogen-bond acceptors (Lipinski definition) is 5. The largest absolute Gasteiger partial charge is 0.478 e. The van der Waals surface area contributed by atoms with Crippen molar-refractivity contribution >= 4 is 11.8 Å². The first-order valence-corrected chi connectivity index (χ1v) is 5.32. The zero-order valence-electron chi connectivity index (χ0n) is 10.6. The molecule has 0 unspecified atom stereocenters. The van der Waals surface area contributed by atoms with Crippen LogP contribution in [0.3, 0.4) is 0 Å². The molecular formula is C11H19NO5. The van der Waals surface area contributed by atoms with Gasteiger partial charge >= 0.3 is 5.97 Å². The first kappa shape index (κ1) is 15.6. The van der Waals surface area contributed by atoms with Crippen LogP contribution in [0, 0.1) is 0 Å². The molecule has 6 heteroatoms. The second-order valence-electron chi connectivity index (χ2n) is 3.42. The number of ketones is 1. The van der Waals surface area contributed by atoms with Crippen LogP contribution in [-0.2, 0) is 19.1 Å². The van der Waals surface area contributed by atoms with E-state index in [9.17, 15) is 9.59 Å². The summed E-state index contributed by atoms with van der Waals surface area (Å²) in [4.78, 5) is 24.3. The Balaban J connectivity index is 4.97. The number of carbonyl (C=O) groups excluding carboxylic acids is 1. The number of carbonyl (C=O) groups is 2. The Kier molecular flexibility index (Phi) is 7.16. The van der Waals surface area contributed by atoms with Crippen molar-refractivity contribution in [2.24, 2.45) is 0 Å². The molecule has 1 N–H and O–H groups in total. The molecule has 0 atom stereocenters. The first-order chi connectivity index (χ1) is 7.93. The van der Waals surface area contributed by atoms with Crippen LogP contribution < -0.4 is 0 Å². The molecule has 98 valence electrons. The van der Waals surface area contributed by atoms with Crippen LogP contribution >= 0.6 is 0 Å². The van der Waals surface area contributed by atoms with Gasteiger partial charge in [0.1, 0.15) is 5.57 Å². The minimum absolute atomic E-state index is 0.269. The maximum Gasteiger partial charge on any atom is 0.341 e.